The third-order valence-electron chi connectivity index (χ3n) is 5.73. The summed E-state index contributed by atoms with van der Waals surface area (Å²) in [5.41, 5.74) is 0.475. The summed E-state index contributed by atoms with van der Waals surface area (Å²) < 4.78 is 24.6. The molecule has 0 aliphatic carbocycles. The van der Waals surface area contributed by atoms with Crippen molar-refractivity contribution < 1.29 is 28.6 Å². The van der Waals surface area contributed by atoms with Gasteiger partial charge < -0.3 is 24.1 Å². The van der Waals surface area contributed by atoms with Crippen molar-refractivity contribution in [3.8, 4) is 23.0 Å². The highest BCUT2D eigenvalue weighted by atomic mass is 32.2. The molecule has 7 nitrogen and oxygen atoms in total. The van der Waals surface area contributed by atoms with Crippen LogP contribution in [0.25, 0.3) is 0 Å². The molecule has 0 aromatic heterocycles. The lowest BCUT2D eigenvalue weighted by molar-refractivity contribution is -0.656. The molecule has 3 aliphatic heterocycles. The molecule has 5 rings (SSSR count). The Kier molecular flexibility index (Phi) is 4.91. The molecule has 0 bridgehead atoms. The number of thioether (sulfide) groups is 1. The summed E-state index contributed by atoms with van der Waals surface area (Å²) in [6.45, 7) is 2.20. The number of benzene rings is 2. The van der Waals surface area contributed by atoms with Crippen molar-refractivity contribution in [3.63, 3.8) is 0 Å². The first-order valence-corrected chi connectivity index (χ1v) is 11.0. The number of aliphatic hydroxyl groups is 1. The Morgan fingerprint density at radius 2 is 1.90 bits per heavy atom. The minimum Gasteiger partial charge on any atom is -0.497 e. The van der Waals surface area contributed by atoms with Crippen LogP contribution >= 0.6 is 11.8 Å². The van der Waals surface area contributed by atoms with Crippen molar-refractivity contribution in [2.75, 3.05) is 51.2 Å². The summed E-state index contributed by atoms with van der Waals surface area (Å²) >= 11 is 1.75. The molecular weight excluding hydrogens is 404 g/mol. The highest BCUT2D eigenvalue weighted by molar-refractivity contribution is 8.13. The van der Waals surface area contributed by atoms with Gasteiger partial charge in [-0.2, -0.15) is 0 Å². The van der Waals surface area contributed by atoms with E-state index >= 15 is 0 Å². The Labute approximate surface area is 179 Å². The van der Waals surface area contributed by atoms with Gasteiger partial charge in [-0.05, 0) is 48.5 Å². The Balaban J connectivity index is 1.60. The Bertz CT molecular complexity index is 1010. The van der Waals surface area contributed by atoms with Gasteiger partial charge in [0.2, 0.25) is 0 Å². The molecule has 0 fully saturated rings. The molecule has 3 heterocycles. The molecule has 1 N–H and O–H groups in total. The maximum Gasteiger partial charge on any atom is 0.316 e. The first kappa shape index (κ1) is 19.4. The van der Waals surface area contributed by atoms with Gasteiger partial charge in [-0.3, -0.25) is 0 Å². The quantitative estimate of drug-likeness (QED) is 0.750. The van der Waals surface area contributed by atoms with Crippen LogP contribution in [0, 0.1) is 0 Å². The zero-order valence-corrected chi connectivity index (χ0v) is 17.9. The molecule has 30 heavy (non-hydrogen) atoms. The fourth-order valence-corrected chi connectivity index (χ4v) is 5.41. The number of ether oxygens (including phenoxy) is 4. The van der Waals surface area contributed by atoms with Gasteiger partial charge in [-0.1, -0.05) is 0 Å². The van der Waals surface area contributed by atoms with Crippen molar-refractivity contribution >= 4 is 22.6 Å². The molecule has 8 heteroatoms. The summed E-state index contributed by atoms with van der Waals surface area (Å²) in [7, 11) is 3.31. The molecule has 158 valence electrons. The topological polar surface area (TPSA) is 63.4 Å². The van der Waals surface area contributed by atoms with Crippen LogP contribution in [-0.2, 0) is 5.72 Å². The van der Waals surface area contributed by atoms with E-state index in [2.05, 4.69) is 9.48 Å². The number of hydrogen-bond acceptors (Lipinski definition) is 7. The third kappa shape index (κ3) is 3.06. The summed E-state index contributed by atoms with van der Waals surface area (Å²) in [5.74, 6) is 3.88. The van der Waals surface area contributed by atoms with E-state index in [0.717, 1.165) is 52.4 Å². The number of β-amino-alcohol motifs (C(OH)–C–C–N with tert-alkyl or cyclic N) is 1. The maximum absolute atomic E-state index is 12.0. The molecule has 0 saturated heterocycles. The average Bonchev–Trinajstić information content (AvgIpc) is 3.12. The van der Waals surface area contributed by atoms with Gasteiger partial charge in [0.1, 0.15) is 19.0 Å². The van der Waals surface area contributed by atoms with E-state index in [1.807, 2.05) is 36.4 Å². The van der Waals surface area contributed by atoms with Crippen LogP contribution in [0.3, 0.4) is 0 Å². The van der Waals surface area contributed by atoms with Crippen LogP contribution in [0.2, 0.25) is 0 Å². The largest absolute Gasteiger partial charge is 0.497 e. The third-order valence-corrected chi connectivity index (χ3v) is 6.92. The second kappa shape index (κ2) is 7.59. The molecule has 0 unspecified atom stereocenters. The SMILES string of the molecule is COc1ccc(OC)c(N2C[C@](O)(c3ccc4c(c3)OCCO4)[N+]3=C2SCCC3)c1. The fourth-order valence-electron chi connectivity index (χ4n) is 4.24. The van der Waals surface area contributed by atoms with Crippen LogP contribution in [0.4, 0.5) is 5.69 Å². The number of methoxy groups -OCH3 is 2. The van der Waals surface area contributed by atoms with Gasteiger partial charge in [0, 0.05) is 17.4 Å². The van der Waals surface area contributed by atoms with Crippen LogP contribution in [0.1, 0.15) is 12.0 Å². The Hall–Kier alpha value is -2.58. The van der Waals surface area contributed by atoms with Gasteiger partial charge >= 0.3 is 5.17 Å². The van der Waals surface area contributed by atoms with Gasteiger partial charge in [0.05, 0.1) is 20.8 Å². The summed E-state index contributed by atoms with van der Waals surface area (Å²) in [4.78, 5) is 2.13. The molecule has 0 saturated carbocycles. The van der Waals surface area contributed by atoms with Crippen molar-refractivity contribution in [1.29, 1.82) is 0 Å². The van der Waals surface area contributed by atoms with Crippen molar-refractivity contribution in [2.45, 2.75) is 12.1 Å². The zero-order valence-electron chi connectivity index (χ0n) is 17.1. The smallest absolute Gasteiger partial charge is 0.316 e. The number of rotatable bonds is 4. The second-order valence-corrected chi connectivity index (χ2v) is 8.50. The van der Waals surface area contributed by atoms with E-state index in [-0.39, 0.29) is 0 Å². The fraction of sp³-hybridized carbons (Fsp3) is 0.409. The zero-order chi connectivity index (χ0) is 20.7. The predicted molar refractivity (Wildman–Crippen MR) is 115 cm³/mol. The van der Waals surface area contributed by atoms with E-state index in [4.69, 9.17) is 18.9 Å². The summed E-state index contributed by atoms with van der Waals surface area (Å²) in [6, 6.07) is 11.4. The molecule has 0 amide bonds. The van der Waals surface area contributed by atoms with Crippen LogP contribution in [-0.4, -0.2) is 61.1 Å². The number of nitrogens with zero attached hydrogens (tertiary/aromatic N) is 2. The van der Waals surface area contributed by atoms with E-state index in [9.17, 15) is 5.11 Å². The van der Waals surface area contributed by atoms with Gasteiger partial charge in [-0.15, -0.1) is 0 Å². The molecule has 1 atom stereocenters. The first-order chi connectivity index (χ1) is 14.6. The number of anilines is 1. The average molecular weight is 430 g/mol. The highest BCUT2D eigenvalue weighted by Gasteiger charge is 2.54. The minimum absolute atomic E-state index is 0.374. The van der Waals surface area contributed by atoms with E-state index in [1.165, 1.54) is 0 Å². The lowest BCUT2D eigenvalue weighted by Gasteiger charge is -2.26. The van der Waals surface area contributed by atoms with Crippen LogP contribution in [0.15, 0.2) is 36.4 Å². The molecule has 0 radical (unpaired) electrons. The standard InChI is InChI=1S/C22H25N2O5S/c1-26-16-5-7-18(27-2)17(13-16)23-14-22(25,24-8-3-11-30-21(23)24)15-4-6-19-20(12-15)29-10-9-28-19/h4-7,12-13,25H,3,8-11,14H2,1-2H3/q+1/t22-/m0/s1. The first-order valence-electron chi connectivity index (χ1n) is 10.0. The monoisotopic (exact) mass is 429 g/mol. The molecule has 2 aromatic carbocycles. The van der Waals surface area contributed by atoms with E-state index < -0.39 is 5.72 Å². The minimum atomic E-state index is -1.19. The summed E-state index contributed by atoms with van der Waals surface area (Å²) in [6.07, 6.45) is 1.00. The highest BCUT2D eigenvalue weighted by Crippen LogP contribution is 2.43. The van der Waals surface area contributed by atoms with Gasteiger partial charge in [-0.25, -0.2) is 9.48 Å². The number of fused-ring (bicyclic) bond motifs is 1. The Morgan fingerprint density at radius 3 is 2.70 bits per heavy atom. The van der Waals surface area contributed by atoms with Gasteiger partial charge in [0.25, 0.3) is 5.72 Å². The van der Waals surface area contributed by atoms with Crippen LogP contribution < -0.4 is 23.8 Å². The number of amidine groups is 1. The molecule has 0 spiro atoms. The van der Waals surface area contributed by atoms with Gasteiger partial charge in [0.15, 0.2) is 29.5 Å². The molecule has 2 aromatic rings. The Morgan fingerprint density at radius 1 is 1.07 bits per heavy atom. The molecule has 3 aliphatic rings. The predicted octanol–water partition coefficient (Wildman–Crippen LogP) is 2.65. The van der Waals surface area contributed by atoms with Crippen molar-refractivity contribution in [1.82, 2.24) is 0 Å². The number of hydrogen-bond donors (Lipinski definition) is 1. The molecular formula is C22H25N2O5S+. The van der Waals surface area contributed by atoms with Crippen molar-refractivity contribution in [2.24, 2.45) is 0 Å². The normalized spacial score (nSPS) is 22.7. The van der Waals surface area contributed by atoms with E-state index in [0.29, 0.717) is 25.5 Å². The maximum atomic E-state index is 12.0. The lowest BCUT2D eigenvalue weighted by Crippen LogP contribution is -2.41. The van der Waals surface area contributed by atoms with Crippen LogP contribution in [0.5, 0.6) is 23.0 Å². The lowest BCUT2D eigenvalue weighted by atomic mass is 10.0. The van der Waals surface area contributed by atoms with E-state index in [1.54, 1.807) is 26.0 Å². The van der Waals surface area contributed by atoms with Crippen molar-refractivity contribution in [3.05, 3.63) is 42.0 Å². The second-order valence-electron chi connectivity index (χ2n) is 7.44. The summed E-state index contributed by atoms with van der Waals surface area (Å²) in [5, 5.41) is 13.0.